The molecular weight excluding hydrogens is 256 g/mol. The maximum Gasteiger partial charge on any atom is 0.0743 e. The molecule has 114 valence electrons. The molecule has 2 nitrogen and oxygen atoms in total. The van der Waals surface area contributed by atoms with Gasteiger partial charge in [-0.05, 0) is 29.7 Å². The Hall–Kier alpha value is -1.41. The van der Waals surface area contributed by atoms with E-state index in [1.165, 1.54) is 27.7 Å². The molecule has 1 aromatic heterocycles. The minimum Gasteiger partial charge on any atom is -0.313 e. The largest absolute Gasteiger partial charge is 0.313 e. The maximum absolute atomic E-state index is 5.01. The summed E-state index contributed by atoms with van der Waals surface area (Å²) >= 11 is 0. The van der Waals surface area contributed by atoms with Gasteiger partial charge in [-0.1, -0.05) is 59.7 Å². The van der Waals surface area contributed by atoms with E-state index in [0.29, 0.717) is 5.92 Å². The minimum absolute atomic E-state index is 0.0687. The average Bonchev–Trinajstić information content (AvgIpc) is 2.42. The van der Waals surface area contributed by atoms with Crippen LogP contribution in [0.1, 0.15) is 64.3 Å². The zero-order chi connectivity index (χ0) is 15.6. The van der Waals surface area contributed by atoms with Gasteiger partial charge in [0.2, 0.25) is 0 Å². The number of hydrogen-bond acceptors (Lipinski definition) is 2. The summed E-state index contributed by atoms with van der Waals surface area (Å²) < 4.78 is 0. The number of benzene rings is 1. The van der Waals surface area contributed by atoms with Gasteiger partial charge in [-0.2, -0.15) is 0 Å². The molecule has 21 heavy (non-hydrogen) atoms. The van der Waals surface area contributed by atoms with Gasteiger partial charge >= 0.3 is 0 Å². The normalized spacial score (nSPS) is 12.3. The third kappa shape index (κ3) is 3.44. The molecule has 2 aromatic rings. The first-order valence-electron chi connectivity index (χ1n) is 7.98. The lowest BCUT2D eigenvalue weighted by molar-refractivity contribution is 0.569. The second kappa shape index (κ2) is 6.15. The van der Waals surface area contributed by atoms with E-state index in [4.69, 9.17) is 4.98 Å². The Morgan fingerprint density at radius 3 is 2.48 bits per heavy atom. The SMILES string of the molecule is CCNCc1cc(C(C)(C)C)nc2c(C(C)C)cccc12. The van der Waals surface area contributed by atoms with Crippen molar-refractivity contribution in [2.24, 2.45) is 0 Å². The zero-order valence-corrected chi connectivity index (χ0v) is 14.2. The molecule has 0 aliphatic carbocycles. The van der Waals surface area contributed by atoms with Gasteiger partial charge in [0.05, 0.1) is 5.52 Å². The molecule has 0 spiro atoms. The van der Waals surface area contributed by atoms with E-state index in [9.17, 15) is 0 Å². The number of para-hydroxylation sites is 1. The van der Waals surface area contributed by atoms with E-state index < -0.39 is 0 Å². The third-order valence-electron chi connectivity index (χ3n) is 3.91. The van der Waals surface area contributed by atoms with E-state index in [0.717, 1.165) is 13.1 Å². The van der Waals surface area contributed by atoms with Crippen LogP contribution in [0.25, 0.3) is 10.9 Å². The molecule has 1 aromatic carbocycles. The number of fused-ring (bicyclic) bond motifs is 1. The summed E-state index contributed by atoms with van der Waals surface area (Å²) in [6, 6.07) is 8.84. The zero-order valence-electron chi connectivity index (χ0n) is 14.2. The lowest BCUT2D eigenvalue weighted by Crippen LogP contribution is -2.17. The molecule has 2 rings (SSSR count). The number of aromatic nitrogens is 1. The molecule has 0 saturated heterocycles. The molecule has 0 aliphatic rings. The molecule has 1 heterocycles. The van der Waals surface area contributed by atoms with Crippen LogP contribution >= 0.6 is 0 Å². The van der Waals surface area contributed by atoms with Crippen LogP contribution in [-0.4, -0.2) is 11.5 Å². The molecule has 0 fully saturated rings. The van der Waals surface area contributed by atoms with Crippen molar-refractivity contribution in [1.82, 2.24) is 10.3 Å². The fourth-order valence-corrected chi connectivity index (χ4v) is 2.60. The Balaban J connectivity index is 2.71. The van der Waals surface area contributed by atoms with Crippen molar-refractivity contribution in [3.63, 3.8) is 0 Å². The van der Waals surface area contributed by atoms with Crippen molar-refractivity contribution in [3.8, 4) is 0 Å². The van der Waals surface area contributed by atoms with E-state index in [1.54, 1.807) is 0 Å². The Morgan fingerprint density at radius 2 is 1.90 bits per heavy atom. The maximum atomic E-state index is 5.01. The monoisotopic (exact) mass is 284 g/mol. The molecule has 0 bridgehead atoms. The predicted molar refractivity (Wildman–Crippen MR) is 91.9 cm³/mol. The highest BCUT2D eigenvalue weighted by atomic mass is 14.8. The first-order chi connectivity index (χ1) is 9.84. The van der Waals surface area contributed by atoms with E-state index in [1.807, 2.05) is 0 Å². The first kappa shape index (κ1) is 16.0. The summed E-state index contributed by atoms with van der Waals surface area (Å²) in [5.74, 6) is 0.489. The highest BCUT2D eigenvalue weighted by molar-refractivity contribution is 5.86. The van der Waals surface area contributed by atoms with Crippen LogP contribution in [0, 0.1) is 0 Å². The highest BCUT2D eigenvalue weighted by Crippen LogP contribution is 2.30. The molecule has 0 atom stereocenters. The van der Waals surface area contributed by atoms with Crippen molar-refractivity contribution < 1.29 is 0 Å². The summed E-state index contributed by atoms with van der Waals surface area (Å²) in [5, 5.41) is 4.74. The van der Waals surface area contributed by atoms with Crippen molar-refractivity contribution in [2.45, 2.75) is 59.4 Å². The van der Waals surface area contributed by atoms with Crippen molar-refractivity contribution in [2.75, 3.05) is 6.54 Å². The van der Waals surface area contributed by atoms with E-state index in [-0.39, 0.29) is 5.41 Å². The fraction of sp³-hybridized carbons (Fsp3) is 0.526. The number of nitrogens with zero attached hydrogens (tertiary/aromatic N) is 1. The summed E-state index contributed by atoms with van der Waals surface area (Å²) in [6.07, 6.45) is 0. The Morgan fingerprint density at radius 1 is 1.19 bits per heavy atom. The Kier molecular flexibility index (Phi) is 4.67. The van der Waals surface area contributed by atoms with Gasteiger partial charge in [-0.25, -0.2) is 0 Å². The third-order valence-corrected chi connectivity index (χ3v) is 3.91. The average molecular weight is 284 g/mol. The van der Waals surface area contributed by atoms with E-state index >= 15 is 0 Å². The van der Waals surface area contributed by atoms with Crippen molar-refractivity contribution in [1.29, 1.82) is 0 Å². The topological polar surface area (TPSA) is 24.9 Å². The summed E-state index contributed by atoms with van der Waals surface area (Å²) in [6.45, 7) is 15.2. The van der Waals surface area contributed by atoms with Crippen LogP contribution in [0.4, 0.5) is 0 Å². The fourth-order valence-electron chi connectivity index (χ4n) is 2.60. The minimum atomic E-state index is 0.0687. The predicted octanol–water partition coefficient (Wildman–Crippen LogP) is 4.77. The van der Waals surface area contributed by atoms with Gasteiger partial charge in [0.1, 0.15) is 0 Å². The Labute approximate surface area is 129 Å². The molecule has 1 N–H and O–H groups in total. The molecule has 0 radical (unpaired) electrons. The summed E-state index contributed by atoms with van der Waals surface area (Å²) in [4.78, 5) is 5.01. The Bertz CT molecular complexity index is 621. The van der Waals surface area contributed by atoms with Crippen LogP contribution in [0.3, 0.4) is 0 Å². The second-order valence-electron chi connectivity index (χ2n) is 7.10. The van der Waals surface area contributed by atoms with Gasteiger partial charge in [0.25, 0.3) is 0 Å². The number of hydrogen-bond donors (Lipinski definition) is 1. The quantitative estimate of drug-likeness (QED) is 0.875. The molecule has 0 saturated carbocycles. The number of pyridine rings is 1. The highest BCUT2D eigenvalue weighted by Gasteiger charge is 2.19. The van der Waals surface area contributed by atoms with Crippen LogP contribution in [0.15, 0.2) is 24.3 Å². The van der Waals surface area contributed by atoms with Crippen molar-refractivity contribution in [3.05, 3.63) is 41.1 Å². The molecule has 0 unspecified atom stereocenters. The van der Waals surface area contributed by atoms with Crippen molar-refractivity contribution >= 4 is 10.9 Å². The summed E-state index contributed by atoms with van der Waals surface area (Å²) in [5.41, 5.74) is 5.12. The van der Waals surface area contributed by atoms with Gasteiger partial charge in [-0.3, -0.25) is 4.98 Å². The lowest BCUT2D eigenvalue weighted by Gasteiger charge is -2.22. The molecule has 0 aliphatic heterocycles. The first-order valence-corrected chi connectivity index (χ1v) is 7.98. The standard InChI is InChI=1S/C19H28N2/c1-7-20-12-14-11-17(19(4,5)6)21-18-15(13(2)3)9-8-10-16(14)18/h8-11,13,20H,7,12H2,1-6H3. The van der Waals surface area contributed by atoms with Crippen LogP contribution < -0.4 is 5.32 Å². The number of rotatable bonds is 4. The van der Waals surface area contributed by atoms with Crippen LogP contribution in [-0.2, 0) is 12.0 Å². The van der Waals surface area contributed by atoms with Crippen LogP contribution in [0.5, 0.6) is 0 Å². The number of nitrogens with one attached hydrogen (secondary N) is 1. The molecule has 0 amide bonds. The summed E-state index contributed by atoms with van der Waals surface area (Å²) in [7, 11) is 0. The smallest absolute Gasteiger partial charge is 0.0743 e. The van der Waals surface area contributed by atoms with Crippen LogP contribution in [0.2, 0.25) is 0 Å². The second-order valence-corrected chi connectivity index (χ2v) is 7.10. The van der Waals surface area contributed by atoms with Gasteiger partial charge in [-0.15, -0.1) is 0 Å². The van der Waals surface area contributed by atoms with Gasteiger partial charge in [0.15, 0.2) is 0 Å². The van der Waals surface area contributed by atoms with Gasteiger partial charge in [0, 0.05) is 23.0 Å². The molecular formula is C19H28N2. The lowest BCUT2D eigenvalue weighted by atomic mass is 9.88. The van der Waals surface area contributed by atoms with Gasteiger partial charge < -0.3 is 5.32 Å². The van der Waals surface area contributed by atoms with E-state index in [2.05, 4.69) is 71.1 Å². The molecule has 2 heteroatoms.